The van der Waals surface area contributed by atoms with Crippen LogP contribution in [0.4, 0.5) is 11.4 Å². The highest BCUT2D eigenvalue weighted by Crippen LogP contribution is 2.38. The van der Waals surface area contributed by atoms with Gasteiger partial charge in [-0.1, -0.05) is 43.3 Å². The Balaban J connectivity index is 1.39. The fourth-order valence-corrected chi connectivity index (χ4v) is 5.19. The van der Waals surface area contributed by atoms with E-state index in [0.29, 0.717) is 16.5 Å². The van der Waals surface area contributed by atoms with Gasteiger partial charge in [0.2, 0.25) is 5.91 Å². The Hall–Kier alpha value is -3.32. The second kappa shape index (κ2) is 7.74. The van der Waals surface area contributed by atoms with Crippen LogP contribution in [0.1, 0.15) is 34.1 Å². The monoisotopic (exact) mass is 431 g/mol. The quantitative estimate of drug-likeness (QED) is 0.609. The van der Waals surface area contributed by atoms with Crippen molar-refractivity contribution in [3.8, 4) is 0 Å². The average molecular weight is 432 g/mol. The van der Waals surface area contributed by atoms with Crippen molar-refractivity contribution >= 4 is 51.6 Å². The van der Waals surface area contributed by atoms with E-state index in [4.69, 9.17) is 0 Å². The van der Waals surface area contributed by atoms with Gasteiger partial charge in [-0.2, -0.15) is 0 Å². The molecule has 1 atom stereocenters. The number of amides is 3. The zero-order chi connectivity index (χ0) is 21.5. The number of fused-ring (bicyclic) bond motifs is 1. The molecule has 3 aromatic rings. The Kier molecular flexibility index (Phi) is 4.90. The number of rotatable bonds is 5. The Labute approximate surface area is 184 Å². The zero-order valence-corrected chi connectivity index (χ0v) is 17.8. The predicted molar refractivity (Wildman–Crippen MR) is 123 cm³/mol. The molecule has 5 rings (SSSR count). The highest BCUT2D eigenvalue weighted by molar-refractivity contribution is 8.00. The molecule has 2 heterocycles. The molecule has 2 aliphatic rings. The third-order valence-electron chi connectivity index (χ3n) is 5.68. The molecule has 0 saturated heterocycles. The SMILES string of the molecule is CCSC1Nc2ccccc2N1C(=O)CCN1C(=O)c2cccc3cccc(c23)C1=O. The highest BCUT2D eigenvalue weighted by Gasteiger charge is 2.36. The molecular weight excluding hydrogens is 410 g/mol. The van der Waals surface area contributed by atoms with Crippen molar-refractivity contribution in [1.82, 2.24) is 4.90 Å². The molecule has 0 fully saturated rings. The van der Waals surface area contributed by atoms with Gasteiger partial charge in [0, 0.05) is 29.5 Å². The fraction of sp³-hybridized carbons (Fsp3) is 0.208. The molecule has 1 unspecified atom stereocenters. The van der Waals surface area contributed by atoms with Crippen LogP contribution in [0.2, 0.25) is 0 Å². The molecule has 3 amide bonds. The number of para-hydroxylation sites is 2. The normalized spacial score (nSPS) is 17.1. The third kappa shape index (κ3) is 3.16. The van der Waals surface area contributed by atoms with Gasteiger partial charge in [-0.15, -0.1) is 11.8 Å². The second-order valence-corrected chi connectivity index (χ2v) is 8.81. The first kappa shape index (κ1) is 19.6. The summed E-state index contributed by atoms with van der Waals surface area (Å²) < 4.78 is 0. The van der Waals surface area contributed by atoms with Gasteiger partial charge in [0.05, 0.1) is 11.4 Å². The number of anilines is 2. The fourth-order valence-electron chi connectivity index (χ4n) is 4.28. The summed E-state index contributed by atoms with van der Waals surface area (Å²) in [6, 6.07) is 18.6. The maximum Gasteiger partial charge on any atom is 0.261 e. The van der Waals surface area contributed by atoms with Crippen LogP contribution in [0.3, 0.4) is 0 Å². The molecule has 31 heavy (non-hydrogen) atoms. The van der Waals surface area contributed by atoms with Crippen LogP contribution in [0.25, 0.3) is 10.8 Å². The number of hydrogen-bond donors (Lipinski definition) is 1. The third-order valence-corrected chi connectivity index (χ3v) is 6.65. The van der Waals surface area contributed by atoms with Crippen molar-refractivity contribution in [2.24, 2.45) is 0 Å². The van der Waals surface area contributed by atoms with Gasteiger partial charge in [0.25, 0.3) is 11.8 Å². The molecular formula is C24H21N3O3S. The summed E-state index contributed by atoms with van der Waals surface area (Å²) in [6.45, 7) is 2.09. The average Bonchev–Trinajstić information content (AvgIpc) is 3.15. The van der Waals surface area contributed by atoms with Crippen LogP contribution >= 0.6 is 11.8 Å². The van der Waals surface area contributed by atoms with Crippen LogP contribution in [-0.4, -0.2) is 40.4 Å². The van der Waals surface area contributed by atoms with Crippen LogP contribution in [0.5, 0.6) is 0 Å². The molecule has 156 valence electrons. The molecule has 0 aromatic heterocycles. The largest absolute Gasteiger partial charge is 0.355 e. The standard InChI is InChI=1S/C24H21N3O3S/c1-2-31-24-25-18-11-3-4-12-19(18)27(24)20(28)13-14-26-22(29)16-9-5-7-15-8-6-10-17(21(15)16)23(26)30/h3-12,24-25H,2,13-14H2,1H3. The van der Waals surface area contributed by atoms with Crippen molar-refractivity contribution in [1.29, 1.82) is 0 Å². The maximum atomic E-state index is 13.2. The molecule has 0 radical (unpaired) electrons. The van der Waals surface area contributed by atoms with Crippen molar-refractivity contribution in [3.05, 3.63) is 71.8 Å². The molecule has 6 nitrogen and oxygen atoms in total. The van der Waals surface area contributed by atoms with Gasteiger partial charge in [-0.3, -0.25) is 24.2 Å². The minimum Gasteiger partial charge on any atom is -0.355 e. The lowest BCUT2D eigenvalue weighted by Crippen LogP contribution is -2.44. The number of hydrogen-bond acceptors (Lipinski definition) is 5. The van der Waals surface area contributed by atoms with Crippen molar-refractivity contribution in [3.63, 3.8) is 0 Å². The van der Waals surface area contributed by atoms with E-state index < -0.39 is 0 Å². The van der Waals surface area contributed by atoms with E-state index in [9.17, 15) is 14.4 Å². The van der Waals surface area contributed by atoms with Crippen molar-refractivity contribution < 1.29 is 14.4 Å². The molecule has 0 saturated carbocycles. The van der Waals surface area contributed by atoms with E-state index in [0.717, 1.165) is 22.5 Å². The summed E-state index contributed by atoms with van der Waals surface area (Å²) in [5, 5.41) is 4.93. The molecule has 2 aliphatic heterocycles. The number of imide groups is 1. The van der Waals surface area contributed by atoms with E-state index in [1.165, 1.54) is 4.90 Å². The van der Waals surface area contributed by atoms with Crippen molar-refractivity contribution in [2.45, 2.75) is 18.8 Å². The lowest BCUT2D eigenvalue weighted by molar-refractivity contribution is -0.118. The smallest absolute Gasteiger partial charge is 0.261 e. The summed E-state index contributed by atoms with van der Waals surface area (Å²) in [7, 11) is 0. The Morgan fingerprint density at radius 2 is 1.65 bits per heavy atom. The number of thioether (sulfide) groups is 1. The summed E-state index contributed by atoms with van der Waals surface area (Å²) in [6.07, 6.45) is 0.0619. The Morgan fingerprint density at radius 3 is 2.32 bits per heavy atom. The second-order valence-electron chi connectivity index (χ2n) is 7.45. The summed E-state index contributed by atoms with van der Waals surface area (Å²) in [5.41, 5.74) is 2.55. The van der Waals surface area contributed by atoms with Gasteiger partial charge in [0.15, 0.2) is 5.50 Å². The first-order chi connectivity index (χ1) is 15.1. The molecule has 1 N–H and O–H groups in total. The summed E-state index contributed by atoms with van der Waals surface area (Å²) >= 11 is 1.63. The van der Waals surface area contributed by atoms with E-state index in [1.54, 1.807) is 28.8 Å². The minimum atomic E-state index is -0.346. The van der Waals surface area contributed by atoms with E-state index >= 15 is 0 Å². The lowest BCUT2D eigenvalue weighted by Gasteiger charge is -2.28. The molecule has 7 heteroatoms. The number of benzene rings is 3. The lowest BCUT2D eigenvalue weighted by atomic mass is 9.94. The van der Waals surface area contributed by atoms with Crippen LogP contribution in [-0.2, 0) is 4.79 Å². The number of nitrogens with zero attached hydrogens (tertiary/aromatic N) is 2. The molecule has 0 aliphatic carbocycles. The maximum absolute atomic E-state index is 13.2. The molecule has 0 spiro atoms. The van der Waals surface area contributed by atoms with Gasteiger partial charge < -0.3 is 5.32 Å². The topological polar surface area (TPSA) is 69.7 Å². The van der Waals surface area contributed by atoms with Gasteiger partial charge >= 0.3 is 0 Å². The van der Waals surface area contributed by atoms with Gasteiger partial charge in [-0.05, 0) is 35.4 Å². The van der Waals surface area contributed by atoms with E-state index in [1.807, 2.05) is 55.5 Å². The van der Waals surface area contributed by atoms with E-state index in [-0.39, 0.29) is 36.2 Å². The summed E-state index contributed by atoms with van der Waals surface area (Å²) in [5.74, 6) is 0.0309. The molecule has 0 bridgehead atoms. The van der Waals surface area contributed by atoms with Gasteiger partial charge in [0.1, 0.15) is 0 Å². The number of carbonyl (C=O) groups excluding carboxylic acids is 3. The summed E-state index contributed by atoms with van der Waals surface area (Å²) in [4.78, 5) is 42.3. The Bertz CT molecular complexity index is 1170. The first-order valence-electron chi connectivity index (χ1n) is 10.3. The highest BCUT2D eigenvalue weighted by atomic mass is 32.2. The predicted octanol–water partition coefficient (Wildman–Crippen LogP) is 4.32. The van der Waals surface area contributed by atoms with Crippen molar-refractivity contribution in [2.75, 3.05) is 22.5 Å². The van der Waals surface area contributed by atoms with Crippen LogP contribution in [0, 0.1) is 0 Å². The Morgan fingerprint density at radius 1 is 0.968 bits per heavy atom. The van der Waals surface area contributed by atoms with E-state index in [2.05, 4.69) is 5.32 Å². The first-order valence-corrected chi connectivity index (χ1v) is 11.3. The van der Waals surface area contributed by atoms with Gasteiger partial charge in [-0.25, -0.2) is 0 Å². The van der Waals surface area contributed by atoms with Crippen LogP contribution in [0.15, 0.2) is 60.7 Å². The minimum absolute atomic E-state index is 0.0450. The van der Waals surface area contributed by atoms with Crippen LogP contribution < -0.4 is 10.2 Å². The number of carbonyl (C=O) groups is 3. The molecule has 3 aromatic carbocycles. The number of nitrogens with one attached hydrogen (secondary N) is 1. The zero-order valence-electron chi connectivity index (χ0n) is 17.0.